The number of nitrogens with two attached hydrogens (primary N) is 1. The van der Waals surface area contributed by atoms with Crippen molar-refractivity contribution in [2.45, 2.75) is 110 Å². The molecule has 0 aliphatic carbocycles. The number of nitrogens with one attached hydrogen (secondary N) is 2. The molecular weight excluding hydrogens is 540 g/mol. The number of nitrogens with zero attached hydrogens (tertiary/aromatic N) is 1. The molecule has 236 valence electrons. The first-order valence-corrected chi connectivity index (χ1v) is 15.0. The van der Waals surface area contributed by atoms with Gasteiger partial charge in [-0.25, -0.2) is 4.79 Å². The van der Waals surface area contributed by atoms with Gasteiger partial charge in [0, 0.05) is 19.5 Å². The molecule has 11 nitrogen and oxygen atoms in total. The number of hydrogen-bond donors (Lipinski definition) is 3. The summed E-state index contributed by atoms with van der Waals surface area (Å²) in [5.74, 6) is -2.08. The lowest BCUT2D eigenvalue weighted by molar-refractivity contribution is -0.144. The molecular formula is C31H50N4O7. The number of esters is 1. The van der Waals surface area contributed by atoms with Crippen molar-refractivity contribution in [3.05, 3.63) is 35.9 Å². The summed E-state index contributed by atoms with van der Waals surface area (Å²) in [6, 6.07) is 6.63. The van der Waals surface area contributed by atoms with Crippen LogP contribution in [0.15, 0.2) is 30.3 Å². The van der Waals surface area contributed by atoms with Gasteiger partial charge in [-0.2, -0.15) is 0 Å². The van der Waals surface area contributed by atoms with Gasteiger partial charge in [0.25, 0.3) is 0 Å². The smallest absolute Gasteiger partial charge is 0.408 e. The second-order valence-corrected chi connectivity index (χ2v) is 11.2. The molecule has 2 atom stereocenters. The molecule has 42 heavy (non-hydrogen) atoms. The first kappa shape index (κ1) is 36.4. The molecule has 1 aromatic rings. The number of benzene rings is 1. The molecule has 0 saturated carbocycles. The normalized spacial score (nSPS) is 12.5. The van der Waals surface area contributed by atoms with Crippen molar-refractivity contribution >= 4 is 29.8 Å². The summed E-state index contributed by atoms with van der Waals surface area (Å²) in [5.41, 5.74) is 5.13. The van der Waals surface area contributed by atoms with Gasteiger partial charge >= 0.3 is 12.1 Å². The van der Waals surface area contributed by atoms with E-state index in [-0.39, 0.29) is 39.0 Å². The molecule has 0 saturated heterocycles. The predicted molar refractivity (Wildman–Crippen MR) is 160 cm³/mol. The molecule has 0 aliphatic heterocycles. The highest BCUT2D eigenvalue weighted by Gasteiger charge is 2.36. The maximum atomic E-state index is 14.2. The second-order valence-electron chi connectivity index (χ2n) is 11.2. The van der Waals surface area contributed by atoms with Crippen LogP contribution in [0.4, 0.5) is 4.79 Å². The molecule has 0 fully saturated rings. The molecule has 2 unspecified atom stereocenters. The number of unbranched alkanes of at least 4 members (excludes halogenated alkanes) is 5. The number of carbonyl (C=O) groups is 5. The van der Waals surface area contributed by atoms with Gasteiger partial charge in [-0.05, 0) is 46.1 Å². The second kappa shape index (κ2) is 19.5. The maximum absolute atomic E-state index is 14.2. The Morgan fingerprint density at radius 2 is 1.57 bits per heavy atom. The Morgan fingerprint density at radius 1 is 0.929 bits per heavy atom. The molecule has 0 radical (unpaired) electrons. The first-order valence-electron chi connectivity index (χ1n) is 15.0. The molecule has 0 aromatic heterocycles. The van der Waals surface area contributed by atoms with Crippen LogP contribution in [0, 0.1) is 0 Å². The summed E-state index contributed by atoms with van der Waals surface area (Å²) < 4.78 is 10.3. The molecule has 0 spiro atoms. The Morgan fingerprint density at radius 3 is 2.17 bits per heavy atom. The van der Waals surface area contributed by atoms with E-state index in [4.69, 9.17) is 15.2 Å². The minimum atomic E-state index is -1.16. The number of carbonyl (C=O) groups excluding carboxylic acids is 5. The van der Waals surface area contributed by atoms with Crippen LogP contribution in [0.25, 0.3) is 0 Å². The van der Waals surface area contributed by atoms with Gasteiger partial charge in [0.05, 0.1) is 13.0 Å². The highest BCUT2D eigenvalue weighted by atomic mass is 16.6. The van der Waals surface area contributed by atoms with E-state index in [0.717, 1.165) is 32.1 Å². The molecule has 1 rings (SSSR count). The van der Waals surface area contributed by atoms with Crippen LogP contribution < -0.4 is 16.4 Å². The zero-order valence-electron chi connectivity index (χ0n) is 25.9. The highest BCUT2D eigenvalue weighted by molar-refractivity contribution is 5.92. The fraction of sp³-hybridized carbons (Fsp3) is 0.645. The zero-order chi connectivity index (χ0) is 31.5. The maximum Gasteiger partial charge on any atom is 0.408 e. The fourth-order valence-electron chi connectivity index (χ4n) is 4.35. The van der Waals surface area contributed by atoms with Gasteiger partial charge in [0.15, 0.2) is 0 Å². The molecule has 4 N–H and O–H groups in total. The van der Waals surface area contributed by atoms with Gasteiger partial charge in [-0.3, -0.25) is 19.2 Å². The lowest BCUT2D eigenvalue weighted by Gasteiger charge is -2.34. The van der Waals surface area contributed by atoms with E-state index >= 15 is 0 Å². The Balaban J connectivity index is 3.37. The van der Waals surface area contributed by atoms with Crippen molar-refractivity contribution in [1.82, 2.24) is 15.5 Å². The van der Waals surface area contributed by atoms with Crippen molar-refractivity contribution < 1.29 is 33.4 Å². The Labute approximate surface area is 250 Å². The number of amides is 4. The lowest BCUT2D eigenvalue weighted by atomic mass is 10.0. The number of rotatable bonds is 19. The quantitative estimate of drug-likeness (QED) is 0.161. The standard InChI is InChI=1S/C31H50N4O7/c1-6-8-9-10-11-15-22-35(29(39)24(18-19-25(32)36)34-30(40)42-31(3,4)5)27(23-16-13-12-14-17-23)28(38)33-21-20-26(37)41-7-2/h12-14,16-17,24,27H,6-11,15,18-22H2,1-5H3,(H2,32,36)(H,33,38)(H,34,40). The Hall–Kier alpha value is -3.63. The van der Waals surface area contributed by atoms with Gasteiger partial charge in [0.1, 0.15) is 17.7 Å². The largest absolute Gasteiger partial charge is 0.466 e. The van der Waals surface area contributed by atoms with Crippen LogP contribution in [0.2, 0.25) is 0 Å². The van der Waals surface area contributed by atoms with Gasteiger partial charge in [0.2, 0.25) is 17.7 Å². The monoisotopic (exact) mass is 590 g/mol. The van der Waals surface area contributed by atoms with Crippen molar-refractivity contribution in [1.29, 1.82) is 0 Å². The predicted octanol–water partition coefficient (Wildman–Crippen LogP) is 4.15. The summed E-state index contributed by atoms with van der Waals surface area (Å²) in [5, 5.41) is 5.36. The topological polar surface area (TPSA) is 157 Å². The van der Waals surface area contributed by atoms with Crippen LogP contribution in [0.5, 0.6) is 0 Å². The zero-order valence-corrected chi connectivity index (χ0v) is 25.9. The van der Waals surface area contributed by atoms with E-state index in [1.165, 1.54) is 4.90 Å². The molecule has 11 heteroatoms. The Kier molecular flexibility index (Phi) is 16.9. The molecule has 0 heterocycles. The first-order chi connectivity index (χ1) is 19.9. The van der Waals surface area contributed by atoms with Crippen LogP contribution in [-0.2, 0) is 28.7 Å². The third-order valence-electron chi connectivity index (χ3n) is 6.31. The fourth-order valence-corrected chi connectivity index (χ4v) is 4.35. The highest BCUT2D eigenvalue weighted by Crippen LogP contribution is 2.24. The Bertz CT molecular complexity index is 995. The van der Waals surface area contributed by atoms with E-state index in [2.05, 4.69) is 17.6 Å². The summed E-state index contributed by atoms with van der Waals surface area (Å²) in [6.07, 6.45) is 4.70. The molecule has 0 bridgehead atoms. The summed E-state index contributed by atoms with van der Waals surface area (Å²) in [6.45, 7) is 9.43. The molecule has 1 aromatic carbocycles. The van der Waals surface area contributed by atoms with Crippen molar-refractivity contribution in [3.63, 3.8) is 0 Å². The average molecular weight is 591 g/mol. The van der Waals surface area contributed by atoms with E-state index in [1.807, 2.05) is 0 Å². The minimum absolute atomic E-state index is 0.0199. The van der Waals surface area contributed by atoms with E-state index < -0.39 is 47.5 Å². The van der Waals surface area contributed by atoms with Crippen molar-refractivity contribution in [2.24, 2.45) is 5.73 Å². The van der Waals surface area contributed by atoms with Crippen LogP contribution in [-0.4, -0.2) is 66.0 Å². The lowest BCUT2D eigenvalue weighted by Crippen LogP contribution is -2.53. The van der Waals surface area contributed by atoms with Gasteiger partial charge < -0.3 is 30.7 Å². The van der Waals surface area contributed by atoms with E-state index in [1.54, 1.807) is 58.0 Å². The number of hydrogen-bond acceptors (Lipinski definition) is 7. The van der Waals surface area contributed by atoms with Crippen LogP contribution in [0.3, 0.4) is 0 Å². The molecule has 0 aliphatic rings. The van der Waals surface area contributed by atoms with E-state index in [0.29, 0.717) is 12.0 Å². The number of alkyl carbamates (subject to hydrolysis) is 1. The molecule has 4 amide bonds. The third-order valence-corrected chi connectivity index (χ3v) is 6.31. The van der Waals surface area contributed by atoms with Crippen molar-refractivity contribution in [3.8, 4) is 0 Å². The number of ether oxygens (including phenoxy) is 2. The van der Waals surface area contributed by atoms with Crippen LogP contribution in [0.1, 0.15) is 104 Å². The van der Waals surface area contributed by atoms with Crippen LogP contribution >= 0.6 is 0 Å². The van der Waals surface area contributed by atoms with Crippen molar-refractivity contribution in [2.75, 3.05) is 19.7 Å². The summed E-state index contributed by atoms with van der Waals surface area (Å²) in [4.78, 5) is 65.4. The average Bonchev–Trinajstić information content (AvgIpc) is 2.91. The number of primary amides is 1. The van der Waals surface area contributed by atoms with Gasteiger partial charge in [-0.15, -0.1) is 0 Å². The SMILES string of the molecule is CCCCCCCCN(C(=O)C(CCC(N)=O)NC(=O)OC(C)(C)C)C(C(=O)NCCC(=O)OCC)c1ccccc1. The third kappa shape index (κ3) is 14.8. The summed E-state index contributed by atoms with van der Waals surface area (Å²) in [7, 11) is 0. The minimum Gasteiger partial charge on any atom is -0.466 e. The van der Waals surface area contributed by atoms with Gasteiger partial charge in [-0.1, -0.05) is 69.4 Å². The summed E-state index contributed by atoms with van der Waals surface area (Å²) >= 11 is 0. The van der Waals surface area contributed by atoms with E-state index in [9.17, 15) is 24.0 Å².